The van der Waals surface area contributed by atoms with Gasteiger partial charge < -0.3 is 0 Å². The highest BCUT2D eigenvalue weighted by molar-refractivity contribution is 5.44. The van der Waals surface area contributed by atoms with Crippen LogP contribution >= 0.6 is 0 Å². The Morgan fingerprint density at radius 1 is 0.929 bits per heavy atom. The summed E-state index contributed by atoms with van der Waals surface area (Å²) in [6.45, 7) is 1.20. The number of amides is 1. The minimum Gasteiger partial charge on any atom is -0.276 e. The lowest BCUT2D eigenvalue weighted by Crippen LogP contribution is -2.24. The molecule has 1 aliphatic heterocycles. The summed E-state index contributed by atoms with van der Waals surface area (Å²) in [5.41, 5.74) is 0. The molecule has 0 aromatic rings. The van der Waals surface area contributed by atoms with Gasteiger partial charge in [0, 0.05) is 0 Å². The van der Waals surface area contributed by atoms with E-state index in [-0.39, 0.29) is 0 Å². The van der Waals surface area contributed by atoms with Gasteiger partial charge in [0.25, 0.3) is 0 Å². The first-order chi connectivity index (χ1) is 6.93. The average molecular weight is 201 g/mol. The van der Waals surface area contributed by atoms with Crippen LogP contribution in [0.4, 0.5) is 0 Å². The number of carbonyl (C=O) groups excluding carboxylic acids is 1. The summed E-state index contributed by atoms with van der Waals surface area (Å²) in [6, 6.07) is 0. The van der Waals surface area contributed by atoms with E-state index in [1.165, 1.54) is 30.7 Å². The first-order valence-electron chi connectivity index (χ1n) is 5.45. The minimum atomic E-state index is 0.574. The molecule has 4 nitrogen and oxygen atoms in total. The monoisotopic (exact) mass is 201 g/mol. The Kier molecular flexibility index (Phi) is 6.36. The molecule has 0 unspecified atom stereocenters. The highest BCUT2D eigenvalue weighted by atomic mass is 17.3. The van der Waals surface area contributed by atoms with Crippen molar-refractivity contribution >= 4 is 6.41 Å². The third-order valence-corrected chi connectivity index (χ3v) is 2.37. The summed E-state index contributed by atoms with van der Waals surface area (Å²) in [6.07, 6.45) is 8.84. The minimum absolute atomic E-state index is 0.574. The molecule has 1 saturated heterocycles. The van der Waals surface area contributed by atoms with Crippen molar-refractivity contribution in [3.05, 3.63) is 0 Å². The van der Waals surface area contributed by atoms with Gasteiger partial charge in [-0.1, -0.05) is 32.1 Å². The molecule has 0 radical (unpaired) electrons. The lowest BCUT2D eigenvalue weighted by atomic mass is 10.1. The van der Waals surface area contributed by atoms with Crippen LogP contribution in [0.3, 0.4) is 0 Å². The number of rotatable bonds is 1. The highest BCUT2D eigenvalue weighted by Gasteiger charge is 2.04. The van der Waals surface area contributed by atoms with Crippen LogP contribution in [0.5, 0.6) is 0 Å². The zero-order chi connectivity index (χ0) is 10.1. The van der Waals surface area contributed by atoms with Gasteiger partial charge in [-0.3, -0.25) is 4.79 Å². The van der Waals surface area contributed by atoms with Crippen LogP contribution in [0.1, 0.15) is 44.9 Å². The third kappa shape index (κ3) is 5.19. The van der Waals surface area contributed by atoms with Gasteiger partial charge in [-0.25, -0.2) is 4.89 Å². The molecule has 0 bridgehead atoms. The molecule has 0 aliphatic carbocycles. The molecular weight excluding hydrogens is 182 g/mol. The Labute approximate surface area is 85.0 Å². The average Bonchev–Trinajstić information content (AvgIpc) is 2.19. The van der Waals surface area contributed by atoms with Crippen molar-refractivity contribution in [3.63, 3.8) is 0 Å². The van der Waals surface area contributed by atoms with Gasteiger partial charge in [0.2, 0.25) is 6.41 Å². The second-order valence-electron chi connectivity index (χ2n) is 3.62. The van der Waals surface area contributed by atoms with Crippen molar-refractivity contribution < 1.29 is 14.7 Å². The van der Waals surface area contributed by atoms with Crippen molar-refractivity contribution in [1.29, 1.82) is 0 Å². The molecule has 0 atom stereocenters. The van der Waals surface area contributed by atoms with Crippen molar-refractivity contribution in [2.75, 3.05) is 13.2 Å². The number of hydrogen-bond acceptors (Lipinski definition) is 3. The van der Waals surface area contributed by atoms with E-state index in [2.05, 4.69) is 0 Å². The predicted molar refractivity (Wildman–Crippen MR) is 52.1 cm³/mol. The van der Waals surface area contributed by atoms with Crippen LogP contribution in [0.2, 0.25) is 0 Å². The van der Waals surface area contributed by atoms with E-state index >= 15 is 0 Å². The second kappa shape index (κ2) is 7.76. The molecule has 0 spiro atoms. The standard InChI is InChI=1S/C10H19NO3/c12-10-11-8-6-4-2-1-3-5-7-9-13-14-11/h10H,1-9H2. The van der Waals surface area contributed by atoms with Crippen molar-refractivity contribution in [1.82, 2.24) is 5.06 Å². The molecule has 4 heteroatoms. The molecule has 14 heavy (non-hydrogen) atoms. The number of nitrogens with zero attached hydrogens (tertiary/aromatic N) is 1. The largest absolute Gasteiger partial charge is 0.276 e. The number of hydrogen-bond donors (Lipinski definition) is 0. The van der Waals surface area contributed by atoms with Crippen LogP contribution in [0.25, 0.3) is 0 Å². The van der Waals surface area contributed by atoms with Crippen LogP contribution < -0.4 is 0 Å². The Morgan fingerprint density at radius 2 is 1.57 bits per heavy atom. The normalized spacial score (nSPS) is 22.1. The fraction of sp³-hybridized carbons (Fsp3) is 0.900. The van der Waals surface area contributed by atoms with E-state index in [9.17, 15) is 4.79 Å². The topological polar surface area (TPSA) is 38.8 Å². The Morgan fingerprint density at radius 3 is 2.29 bits per heavy atom. The smallest absolute Gasteiger partial charge is 0.235 e. The molecular formula is C10H19NO3. The molecule has 0 aromatic carbocycles. The van der Waals surface area contributed by atoms with E-state index in [4.69, 9.17) is 9.88 Å². The maximum atomic E-state index is 10.5. The van der Waals surface area contributed by atoms with Crippen LogP contribution in [-0.4, -0.2) is 24.6 Å². The summed E-state index contributed by atoms with van der Waals surface area (Å²) in [7, 11) is 0. The van der Waals surface area contributed by atoms with Gasteiger partial charge in [0.1, 0.15) is 0 Å². The van der Waals surface area contributed by atoms with E-state index < -0.39 is 0 Å². The Bertz CT molecular complexity index is 140. The maximum Gasteiger partial charge on any atom is 0.235 e. The molecule has 1 heterocycles. The van der Waals surface area contributed by atoms with Crippen molar-refractivity contribution in [2.45, 2.75) is 44.9 Å². The Hall–Kier alpha value is -0.610. The van der Waals surface area contributed by atoms with E-state index in [0.29, 0.717) is 19.6 Å². The lowest BCUT2D eigenvalue weighted by molar-refractivity contribution is -0.407. The van der Waals surface area contributed by atoms with Gasteiger partial charge in [-0.2, -0.15) is 5.06 Å². The predicted octanol–water partition coefficient (Wildman–Crippen LogP) is 2.05. The molecule has 1 aliphatic rings. The second-order valence-corrected chi connectivity index (χ2v) is 3.62. The fourth-order valence-electron chi connectivity index (χ4n) is 1.53. The van der Waals surface area contributed by atoms with Gasteiger partial charge in [-0.15, -0.1) is 4.99 Å². The highest BCUT2D eigenvalue weighted by Crippen LogP contribution is 2.09. The van der Waals surface area contributed by atoms with Crippen LogP contribution in [-0.2, 0) is 14.7 Å². The van der Waals surface area contributed by atoms with Crippen LogP contribution in [0, 0.1) is 0 Å². The molecule has 1 fully saturated rings. The number of carbonyl (C=O) groups is 1. The first kappa shape index (κ1) is 11.5. The summed E-state index contributed by atoms with van der Waals surface area (Å²) in [4.78, 5) is 20.2. The molecule has 0 aromatic heterocycles. The summed E-state index contributed by atoms with van der Waals surface area (Å²) in [5.74, 6) is 0. The molecule has 82 valence electrons. The van der Waals surface area contributed by atoms with E-state index in [0.717, 1.165) is 19.3 Å². The zero-order valence-electron chi connectivity index (χ0n) is 8.61. The third-order valence-electron chi connectivity index (χ3n) is 2.37. The number of hydroxylamine groups is 2. The summed E-state index contributed by atoms with van der Waals surface area (Å²) in [5, 5.41) is 1.22. The van der Waals surface area contributed by atoms with E-state index in [1.54, 1.807) is 0 Å². The SMILES string of the molecule is O=CN1CCCCCCCCCOO1. The first-order valence-corrected chi connectivity index (χ1v) is 5.45. The van der Waals surface area contributed by atoms with Crippen molar-refractivity contribution in [2.24, 2.45) is 0 Å². The van der Waals surface area contributed by atoms with Gasteiger partial charge >= 0.3 is 0 Å². The molecule has 0 saturated carbocycles. The zero-order valence-corrected chi connectivity index (χ0v) is 8.61. The fourth-order valence-corrected chi connectivity index (χ4v) is 1.53. The maximum absolute atomic E-state index is 10.5. The molecule has 1 rings (SSSR count). The van der Waals surface area contributed by atoms with E-state index in [1.807, 2.05) is 0 Å². The quantitative estimate of drug-likeness (QED) is 0.481. The molecule has 0 N–H and O–H groups in total. The van der Waals surface area contributed by atoms with Crippen molar-refractivity contribution in [3.8, 4) is 0 Å². The Balaban J connectivity index is 2.20. The van der Waals surface area contributed by atoms with Gasteiger partial charge in [0.15, 0.2) is 0 Å². The van der Waals surface area contributed by atoms with Gasteiger partial charge in [-0.05, 0) is 12.8 Å². The molecule has 1 amide bonds. The summed E-state index contributed by atoms with van der Waals surface area (Å²) >= 11 is 0. The van der Waals surface area contributed by atoms with Crippen LogP contribution in [0.15, 0.2) is 0 Å². The van der Waals surface area contributed by atoms with Gasteiger partial charge in [0.05, 0.1) is 13.2 Å². The summed E-state index contributed by atoms with van der Waals surface area (Å²) < 4.78 is 0. The lowest BCUT2D eigenvalue weighted by Gasteiger charge is -2.15.